The van der Waals surface area contributed by atoms with Gasteiger partial charge in [-0.3, -0.25) is 0 Å². The van der Waals surface area contributed by atoms with E-state index in [1.54, 1.807) is 12.1 Å². The van der Waals surface area contributed by atoms with Crippen LogP contribution in [0.1, 0.15) is 5.56 Å². The molecule has 100 valence electrons. The highest BCUT2D eigenvalue weighted by molar-refractivity contribution is 9.10. The largest absolute Gasteiger partial charge is 0.508 e. The molecule has 0 bridgehead atoms. The van der Waals surface area contributed by atoms with Gasteiger partial charge in [-0.15, -0.1) is 0 Å². The number of phenolic OH excluding ortho intramolecular Hbond substituents is 1. The second-order valence-corrected chi connectivity index (χ2v) is 5.64. The highest BCUT2D eigenvalue weighted by atomic mass is 79.9. The van der Waals surface area contributed by atoms with E-state index in [2.05, 4.69) is 37.2 Å². The van der Waals surface area contributed by atoms with Gasteiger partial charge in [-0.05, 0) is 40.2 Å². The first-order valence-electron chi connectivity index (χ1n) is 5.33. The highest BCUT2D eigenvalue weighted by Gasteiger charge is 2.10. The van der Waals surface area contributed by atoms with E-state index < -0.39 is 11.6 Å². The van der Waals surface area contributed by atoms with Crippen molar-refractivity contribution < 1.29 is 13.9 Å². The molecule has 2 rings (SSSR count). The van der Waals surface area contributed by atoms with Gasteiger partial charge in [0, 0.05) is 27.1 Å². The number of hydrogen-bond acceptors (Lipinski definition) is 2. The fourth-order valence-corrected chi connectivity index (χ4v) is 2.55. The van der Waals surface area contributed by atoms with Crippen molar-refractivity contribution in [3.63, 3.8) is 0 Å². The molecule has 2 N–H and O–H groups in total. The molecule has 0 amide bonds. The molecule has 2 aromatic rings. The Morgan fingerprint density at radius 3 is 2.53 bits per heavy atom. The molecular formula is C13H9Br2F2NO. The predicted octanol–water partition coefficient (Wildman–Crippen LogP) is 4.81. The minimum atomic E-state index is -0.693. The zero-order chi connectivity index (χ0) is 14.0. The fourth-order valence-electron chi connectivity index (χ4n) is 1.59. The minimum Gasteiger partial charge on any atom is -0.508 e. The van der Waals surface area contributed by atoms with E-state index in [9.17, 15) is 13.9 Å². The maximum Gasteiger partial charge on any atom is 0.150 e. The van der Waals surface area contributed by atoms with Crippen molar-refractivity contribution in [3.05, 3.63) is 56.5 Å². The van der Waals surface area contributed by atoms with Gasteiger partial charge in [0.1, 0.15) is 17.4 Å². The standard InChI is InChI=1S/C13H9Br2F2NO/c14-8-1-2-12(19)7(3-8)6-18-13-10(15)4-9(16)5-11(13)17/h1-5,18-19H,6H2. The normalized spacial score (nSPS) is 10.5. The molecule has 0 aromatic heterocycles. The smallest absolute Gasteiger partial charge is 0.150 e. The number of hydrogen-bond donors (Lipinski definition) is 2. The van der Waals surface area contributed by atoms with E-state index in [-0.39, 0.29) is 18.0 Å². The van der Waals surface area contributed by atoms with Crippen LogP contribution in [0.5, 0.6) is 5.75 Å². The summed E-state index contributed by atoms with van der Waals surface area (Å²) in [4.78, 5) is 0. The molecule has 0 aliphatic carbocycles. The summed E-state index contributed by atoms with van der Waals surface area (Å²) in [5.74, 6) is -1.24. The maximum atomic E-state index is 13.6. The first-order chi connectivity index (χ1) is 8.97. The van der Waals surface area contributed by atoms with Gasteiger partial charge in [0.15, 0.2) is 0 Å². The Morgan fingerprint density at radius 1 is 1.11 bits per heavy atom. The quantitative estimate of drug-likeness (QED) is 0.785. The average Bonchev–Trinajstić information content (AvgIpc) is 2.32. The minimum absolute atomic E-state index is 0.106. The van der Waals surface area contributed by atoms with Gasteiger partial charge < -0.3 is 10.4 Å². The van der Waals surface area contributed by atoms with Crippen LogP contribution in [0.15, 0.2) is 39.3 Å². The van der Waals surface area contributed by atoms with Crippen LogP contribution in [0.2, 0.25) is 0 Å². The lowest BCUT2D eigenvalue weighted by Gasteiger charge is -2.11. The van der Waals surface area contributed by atoms with Crippen LogP contribution >= 0.6 is 31.9 Å². The Labute approximate surface area is 125 Å². The number of anilines is 1. The Kier molecular flexibility index (Phi) is 4.42. The zero-order valence-corrected chi connectivity index (χ0v) is 12.7. The third-order valence-electron chi connectivity index (χ3n) is 2.50. The highest BCUT2D eigenvalue weighted by Crippen LogP contribution is 2.29. The summed E-state index contributed by atoms with van der Waals surface area (Å²) in [7, 11) is 0. The van der Waals surface area contributed by atoms with Crippen molar-refractivity contribution in [1.29, 1.82) is 0 Å². The zero-order valence-electron chi connectivity index (χ0n) is 9.55. The van der Waals surface area contributed by atoms with Crippen LogP contribution in [0.25, 0.3) is 0 Å². The SMILES string of the molecule is Oc1ccc(Br)cc1CNc1c(F)cc(F)cc1Br. The lowest BCUT2D eigenvalue weighted by molar-refractivity contribution is 0.469. The van der Waals surface area contributed by atoms with Crippen molar-refractivity contribution in [2.75, 3.05) is 5.32 Å². The molecule has 0 saturated carbocycles. The van der Waals surface area contributed by atoms with Crippen molar-refractivity contribution in [1.82, 2.24) is 0 Å². The molecule has 0 fully saturated rings. The van der Waals surface area contributed by atoms with Crippen molar-refractivity contribution in [3.8, 4) is 5.75 Å². The van der Waals surface area contributed by atoms with Crippen LogP contribution in [-0.2, 0) is 6.54 Å². The summed E-state index contributed by atoms with van der Waals surface area (Å²) in [6, 6.07) is 6.93. The maximum absolute atomic E-state index is 13.6. The summed E-state index contributed by atoms with van der Waals surface area (Å²) >= 11 is 6.38. The van der Waals surface area contributed by atoms with Crippen molar-refractivity contribution in [2.45, 2.75) is 6.54 Å². The van der Waals surface area contributed by atoms with E-state index >= 15 is 0 Å². The second-order valence-electron chi connectivity index (χ2n) is 3.87. The van der Waals surface area contributed by atoms with Gasteiger partial charge in [0.05, 0.1) is 5.69 Å². The van der Waals surface area contributed by atoms with E-state index in [0.29, 0.717) is 10.0 Å². The van der Waals surface area contributed by atoms with E-state index in [0.717, 1.165) is 10.5 Å². The van der Waals surface area contributed by atoms with Crippen molar-refractivity contribution >= 4 is 37.5 Å². The van der Waals surface area contributed by atoms with Gasteiger partial charge in [-0.2, -0.15) is 0 Å². The molecule has 0 radical (unpaired) electrons. The summed E-state index contributed by atoms with van der Waals surface area (Å²) in [6.07, 6.45) is 0. The molecule has 19 heavy (non-hydrogen) atoms. The molecular weight excluding hydrogens is 384 g/mol. The number of rotatable bonds is 3. The van der Waals surface area contributed by atoms with Gasteiger partial charge >= 0.3 is 0 Å². The molecule has 2 aromatic carbocycles. The number of halogens is 4. The average molecular weight is 393 g/mol. The van der Waals surface area contributed by atoms with Gasteiger partial charge in [-0.25, -0.2) is 8.78 Å². The van der Waals surface area contributed by atoms with Crippen LogP contribution in [0, 0.1) is 11.6 Å². The van der Waals surface area contributed by atoms with Crippen LogP contribution in [0.3, 0.4) is 0 Å². The molecule has 0 unspecified atom stereocenters. The third-order valence-corrected chi connectivity index (χ3v) is 3.62. The molecule has 0 saturated heterocycles. The predicted molar refractivity (Wildman–Crippen MR) is 77.2 cm³/mol. The molecule has 6 heteroatoms. The topological polar surface area (TPSA) is 32.3 Å². The first-order valence-corrected chi connectivity index (χ1v) is 6.92. The summed E-state index contributed by atoms with van der Waals surface area (Å²) in [5.41, 5.74) is 0.755. The van der Waals surface area contributed by atoms with Gasteiger partial charge in [0.25, 0.3) is 0 Å². The first kappa shape index (κ1) is 14.3. The van der Waals surface area contributed by atoms with E-state index in [4.69, 9.17) is 0 Å². The summed E-state index contributed by atoms with van der Waals surface area (Å²) in [5, 5.41) is 12.5. The Bertz CT molecular complexity index is 597. The lowest BCUT2D eigenvalue weighted by atomic mass is 10.2. The summed E-state index contributed by atoms with van der Waals surface area (Å²) in [6.45, 7) is 0.215. The fraction of sp³-hybridized carbons (Fsp3) is 0.0769. The van der Waals surface area contributed by atoms with E-state index in [1.807, 2.05) is 0 Å². The Morgan fingerprint density at radius 2 is 1.84 bits per heavy atom. The number of phenols is 1. The molecule has 0 heterocycles. The number of benzene rings is 2. The van der Waals surface area contributed by atoms with E-state index in [1.165, 1.54) is 12.1 Å². The Hall–Kier alpha value is -1.14. The van der Waals surface area contributed by atoms with Crippen LogP contribution < -0.4 is 5.32 Å². The number of nitrogens with one attached hydrogen (secondary N) is 1. The monoisotopic (exact) mass is 391 g/mol. The second kappa shape index (κ2) is 5.88. The summed E-state index contributed by atoms with van der Waals surface area (Å²) < 4.78 is 27.6. The molecule has 0 atom stereocenters. The van der Waals surface area contributed by atoms with Crippen LogP contribution in [-0.4, -0.2) is 5.11 Å². The third kappa shape index (κ3) is 3.45. The molecule has 0 aliphatic rings. The van der Waals surface area contributed by atoms with Gasteiger partial charge in [0.2, 0.25) is 0 Å². The van der Waals surface area contributed by atoms with Gasteiger partial charge in [-0.1, -0.05) is 15.9 Å². The number of aromatic hydroxyl groups is 1. The lowest BCUT2D eigenvalue weighted by Crippen LogP contribution is -2.03. The van der Waals surface area contributed by atoms with Crippen molar-refractivity contribution in [2.24, 2.45) is 0 Å². The molecule has 0 spiro atoms. The molecule has 2 nitrogen and oxygen atoms in total. The Balaban J connectivity index is 2.21. The van der Waals surface area contributed by atoms with Crippen LogP contribution in [0.4, 0.5) is 14.5 Å². The molecule has 0 aliphatic heterocycles.